The van der Waals surface area contributed by atoms with Crippen molar-refractivity contribution in [1.82, 2.24) is 14.8 Å². The number of carbonyl (C=O) groups is 1. The molecule has 6 heteroatoms. The van der Waals surface area contributed by atoms with E-state index in [1.807, 2.05) is 67.5 Å². The van der Waals surface area contributed by atoms with Crippen LogP contribution in [0.25, 0.3) is 10.2 Å². The van der Waals surface area contributed by atoms with E-state index in [0.717, 1.165) is 22.7 Å². The summed E-state index contributed by atoms with van der Waals surface area (Å²) >= 11 is 1.68. The summed E-state index contributed by atoms with van der Waals surface area (Å²) in [5.41, 5.74) is 1.02. The van der Waals surface area contributed by atoms with Gasteiger partial charge >= 0.3 is 0 Å². The number of rotatable bonds is 9. The summed E-state index contributed by atoms with van der Waals surface area (Å²) in [6.45, 7) is 2.34. The first-order valence-corrected chi connectivity index (χ1v) is 9.88. The number of benzene rings is 2. The van der Waals surface area contributed by atoms with E-state index < -0.39 is 0 Å². The zero-order chi connectivity index (χ0) is 19.1. The monoisotopic (exact) mass is 383 g/mol. The number of carbonyl (C=O) groups excluding carboxylic acids is 1. The quantitative estimate of drug-likeness (QED) is 0.529. The summed E-state index contributed by atoms with van der Waals surface area (Å²) in [5.74, 6) is 0.973. The van der Waals surface area contributed by atoms with Gasteiger partial charge < -0.3 is 9.64 Å². The van der Waals surface area contributed by atoms with Crippen molar-refractivity contribution < 1.29 is 9.53 Å². The van der Waals surface area contributed by atoms with Crippen molar-refractivity contribution in [2.45, 2.75) is 13.0 Å². The molecule has 1 amide bonds. The molecule has 0 saturated heterocycles. The van der Waals surface area contributed by atoms with Crippen LogP contribution in [0.5, 0.6) is 5.75 Å². The molecule has 0 saturated carbocycles. The van der Waals surface area contributed by atoms with Crippen LogP contribution < -0.4 is 4.74 Å². The molecule has 0 spiro atoms. The zero-order valence-electron chi connectivity index (χ0n) is 15.8. The normalized spacial score (nSPS) is 11.1. The summed E-state index contributed by atoms with van der Waals surface area (Å²) in [5, 5.41) is 1.03. The van der Waals surface area contributed by atoms with Crippen LogP contribution in [-0.4, -0.2) is 54.5 Å². The number of hydrogen-bond donors (Lipinski definition) is 0. The van der Waals surface area contributed by atoms with Crippen molar-refractivity contribution in [3.63, 3.8) is 0 Å². The van der Waals surface area contributed by atoms with Crippen molar-refractivity contribution in [1.29, 1.82) is 0 Å². The number of hydrogen-bond acceptors (Lipinski definition) is 5. The Morgan fingerprint density at radius 2 is 1.81 bits per heavy atom. The number of likely N-dealkylation sites (N-methyl/N-ethyl adjacent to an activating group) is 2. The van der Waals surface area contributed by atoms with Gasteiger partial charge in [0.05, 0.1) is 29.9 Å². The lowest BCUT2D eigenvalue weighted by Crippen LogP contribution is -2.37. The Morgan fingerprint density at radius 1 is 1.07 bits per heavy atom. The molecular formula is C21H25N3O2S. The van der Waals surface area contributed by atoms with Crippen molar-refractivity contribution in [2.75, 3.05) is 33.8 Å². The summed E-state index contributed by atoms with van der Waals surface area (Å²) in [6, 6.07) is 17.8. The van der Waals surface area contributed by atoms with Crippen LogP contribution in [-0.2, 0) is 11.3 Å². The fourth-order valence-electron chi connectivity index (χ4n) is 2.76. The van der Waals surface area contributed by atoms with Crippen LogP contribution in [0.2, 0.25) is 0 Å². The van der Waals surface area contributed by atoms with Crippen molar-refractivity contribution >= 4 is 27.5 Å². The first-order valence-electron chi connectivity index (χ1n) is 9.06. The second-order valence-electron chi connectivity index (χ2n) is 6.58. The van der Waals surface area contributed by atoms with Gasteiger partial charge in [-0.15, -0.1) is 11.3 Å². The molecule has 0 fully saturated rings. The van der Waals surface area contributed by atoms with Crippen LogP contribution in [0.4, 0.5) is 0 Å². The van der Waals surface area contributed by atoms with E-state index in [4.69, 9.17) is 4.74 Å². The van der Waals surface area contributed by atoms with E-state index >= 15 is 0 Å². The van der Waals surface area contributed by atoms with E-state index in [1.54, 1.807) is 16.2 Å². The number of ether oxygens (including phenoxy) is 1. The Bertz CT molecular complexity index is 833. The highest BCUT2D eigenvalue weighted by Crippen LogP contribution is 2.22. The van der Waals surface area contributed by atoms with Crippen LogP contribution in [0.3, 0.4) is 0 Å². The number of aromatic nitrogens is 1. The summed E-state index contributed by atoms with van der Waals surface area (Å²) in [6.07, 6.45) is 0.804. The smallest absolute Gasteiger partial charge is 0.236 e. The van der Waals surface area contributed by atoms with Gasteiger partial charge in [0, 0.05) is 13.6 Å². The van der Waals surface area contributed by atoms with Gasteiger partial charge in [-0.05, 0) is 37.7 Å². The average molecular weight is 384 g/mol. The lowest BCUT2D eigenvalue weighted by atomic mass is 10.3. The predicted octanol–water partition coefficient (Wildman–Crippen LogP) is 3.66. The molecule has 1 heterocycles. The lowest BCUT2D eigenvalue weighted by Gasteiger charge is -2.21. The molecule has 1 aromatic heterocycles. The van der Waals surface area contributed by atoms with E-state index in [0.29, 0.717) is 26.2 Å². The second kappa shape index (κ2) is 9.48. The molecule has 0 bridgehead atoms. The van der Waals surface area contributed by atoms with Gasteiger partial charge in [0.25, 0.3) is 0 Å². The third-order valence-corrected chi connectivity index (χ3v) is 5.25. The molecule has 0 radical (unpaired) electrons. The Kier molecular flexibility index (Phi) is 6.79. The van der Waals surface area contributed by atoms with E-state index in [9.17, 15) is 4.79 Å². The largest absolute Gasteiger partial charge is 0.494 e. The highest BCUT2D eigenvalue weighted by atomic mass is 32.1. The van der Waals surface area contributed by atoms with Crippen LogP contribution >= 0.6 is 11.3 Å². The molecule has 27 heavy (non-hydrogen) atoms. The van der Waals surface area contributed by atoms with Gasteiger partial charge in [-0.1, -0.05) is 30.3 Å². The molecule has 2 aromatic carbocycles. The molecule has 5 nitrogen and oxygen atoms in total. The molecule has 3 rings (SSSR count). The van der Waals surface area contributed by atoms with Gasteiger partial charge in [0.15, 0.2) is 0 Å². The minimum absolute atomic E-state index is 0.110. The minimum atomic E-state index is 0.110. The molecule has 0 unspecified atom stereocenters. The van der Waals surface area contributed by atoms with Crippen molar-refractivity contribution in [3.8, 4) is 5.75 Å². The van der Waals surface area contributed by atoms with Gasteiger partial charge in [0.2, 0.25) is 5.91 Å². The molecule has 3 aromatic rings. The van der Waals surface area contributed by atoms with Gasteiger partial charge in [-0.3, -0.25) is 9.69 Å². The lowest BCUT2D eigenvalue weighted by molar-refractivity contribution is -0.131. The summed E-state index contributed by atoms with van der Waals surface area (Å²) in [7, 11) is 3.80. The first-order chi connectivity index (χ1) is 13.1. The summed E-state index contributed by atoms with van der Waals surface area (Å²) in [4.78, 5) is 20.8. The van der Waals surface area contributed by atoms with E-state index in [2.05, 4.69) is 11.1 Å². The number of para-hydroxylation sites is 2. The van der Waals surface area contributed by atoms with Crippen molar-refractivity contribution in [2.24, 2.45) is 0 Å². The number of thiazole rings is 1. The maximum Gasteiger partial charge on any atom is 0.236 e. The van der Waals surface area contributed by atoms with Crippen LogP contribution in [0.15, 0.2) is 54.6 Å². The Morgan fingerprint density at radius 3 is 2.59 bits per heavy atom. The maximum absolute atomic E-state index is 12.4. The Hall–Kier alpha value is -2.44. The third-order valence-electron chi connectivity index (χ3n) is 4.22. The minimum Gasteiger partial charge on any atom is -0.494 e. The van der Waals surface area contributed by atoms with Gasteiger partial charge in [-0.2, -0.15) is 0 Å². The number of amides is 1. The topological polar surface area (TPSA) is 45.7 Å². The van der Waals surface area contributed by atoms with Crippen LogP contribution in [0.1, 0.15) is 11.4 Å². The molecule has 0 aliphatic carbocycles. The molecule has 0 N–H and O–H groups in total. The van der Waals surface area contributed by atoms with Crippen molar-refractivity contribution in [3.05, 3.63) is 59.6 Å². The Balaban J connectivity index is 1.39. The Labute approximate surface area is 164 Å². The van der Waals surface area contributed by atoms with Gasteiger partial charge in [0.1, 0.15) is 10.8 Å². The average Bonchev–Trinajstić information content (AvgIpc) is 3.07. The molecule has 0 aliphatic rings. The molecule has 0 atom stereocenters. The molecule has 142 valence electrons. The highest BCUT2D eigenvalue weighted by Gasteiger charge is 2.13. The third kappa shape index (κ3) is 5.77. The molecular weight excluding hydrogens is 358 g/mol. The fraction of sp³-hybridized carbons (Fsp3) is 0.333. The SMILES string of the molecule is CN(CC(=O)N(C)CCCOc1ccccc1)Cc1nc2ccccc2s1. The van der Waals surface area contributed by atoms with Gasteiger partial charge in [-0.25, -0.2) is 4.98 Å². The second-order valence-corrected chi connectivity index (χ2v) is 7.69. The fourth-order valence-corrected chi connectivity index (χ4v) is 3.81. The predicted molar refractivity (Wildman–Crippen MR) is 110 cm³/mol. The zero-order valence-corrected chi connectivity index (χ0v) is 16.6. The maximum atomic E-state index is 12.4. The number of fused-ring (bicyclic) bond motifs is 1. The first kappa shape index (κ1) is 19.3. The molecule has 0 aliphatic heterocycles. The summed E-state index contributed by atoms with van der Waals surface area (Å²) < 4.78 is 6.85. The number of nitrogens with zero attached hydrogens (tertiary/aromatic N) is 3. The van der Waals surface area contributed by atoms with E-state index in [-0.39, 0.29) is 5.91 Å². The van der Waals surface area contributed by atoms with Crippen LogP contribution in [0, 0.1) is 0 Å². The standard InChI is InChI=1S/C21H25N3O2S/c1-23(15-20-22-18-11-6-7-12-19(18)27-20)16-21(25)24(2)13-8-14-26-17-9-4-3-5-10-17/h3-7,9-12H,8,13-16H2,1-2H3. The highest BCUT2D eigenvalue weighted by molar-refractivity contribution is 7.18. The van der Waals surface area contributed by atoms with E-state index in [1.165, 1.54) is 4.70 Å².